The fourth-order valence-electron chi connectivity index (χ4n) is 7.49. The molecule has 19 nitrogen and oxygen atoms in total. The molecule has 1 aromatic rings. The summed E-state index contributed by atoms with van der Waals surface area (Å²) >= 11 is 0. The summed E-state index contributed by atoms with van der Waals surface area (Å²) in [4.78, 5) is 62.0. The van der Waals surface area contributed by atoms with Gasteiger partial charge in [0.15, 0.2) is 12.3 Å². The van der Waals surface area contributed by atoms with Crippen molar-refractivity contribution in [3.63, 3.8) is 0 Å². The van der Waals surface area contributed by atoms with Gasteiger partial charge in [-0.25, -0.2) is 13.9 Å². The van der Waals surface area contributed by atoms with Gasteiger partial charge in [0.1, 0.15) is 30.7 Å². The minimum absolute atomic E-state index is 0.0119. The highest BCUT2D eigenvalue weighted by atomic mass is 31.3. The van der Waals surface area contributed by atoms with Gasteiger partial charge in [-0.1, -0.05) is 177 Å². The van der Waals surface area contributed by atoms with E-state index in [1.165, 1.54) is 63.9 Å². The van der Waals surface area contributed by atoms with Crippen molar-refractivity contribution < 1.29 is 71.4 Å². The van der Waals surface area contributed by atoms with Gasteiger partial charge < -0.3 is 45.1 Å². The zero-order valence-electron chi connectivity index (χ0n) is 43.9. The molecular weight excluding hydrogens is 997 g/mol. The number of esters is 2. The van der Waals surface area contributed by atoms with E-state index in [0.717, 1.165) is 68.0 Å². The predicted molar refractivity (Wildman–Crippen MR) is 285 cm³/mol. The van der Waals surface area contributed by atoms with Crippen LogP contribution in [0, 0.1) is 5.92 Å². The van der Waals surface area contributed by atoms with E-state index in [-0.39, 0.29) is 25.1 Å². The molecule has 0 saturated carbocycles. The third kappa shape index (κ3) is 32.6. The van der Waals surface area contributed by atoms with Crippen LogP contribution in [0.2, 0.25) is 0 Å². The summed E-state index contributed by atoms with van der Waals surface area (Å²) in [7, 11) is -10.9. The van der Waals surface area contributed by atoms with Crippen LogP contribution in [-0.2, 0) is 46.3 Å². The lowest BCUT2D eigenvalue weighted by molar-refractivity contribution is -0.161. The van der Waals surface area contributed by atoms with E-state index >= 15 is 0 Å². The lowest BCUT2D eigenvalue weighted by Gasteiger charge is -2.21. The molecule has 74 heavy (non-hydrogen) atoms. The Kier molecular flexibility index (Phi) is 35.4. The first kappa shape index (κ1) is 66.3. The molecule has 21 heteroatoms. The quantitative estimate of drug-likeness (QED) is 0.0117. The molecule has 0 spiro atoms. The minimum atomic E-state index is -5.46. The van der Waals surface area contributed by atoms with Crippen molar-refractivity contribution >= 4 is 33.4 Å². The van der Waals surface area contributed by atoms with Crippen LogP contribution in [0.25, 0.3) is 0 Å². The number of phosphoric ester groups is 2. The molecule has 3 unspecified atom stereocenters. The fourth-order valence-corrected chi connectivity index (χ4v) is 9.60. The molecule has 0 amide bonds. The van der Waals surface area contributed by atoms with Crippen molar-refractivity contribution in [3.8, 4) is 0 Å². The molecule has 0 aliphatic carbocycles. The van der Waals surface area contributed by atoms with Gasteiger partial charge in [-0.05, 0) is 56.9 Å². The summed E-state index contributed by atoms with van der Waals surface area (Å²) in [5.74, 6) is -0.715. The second-order valence-corrected chi connectivity index (χ2v) is 21.7. The second-order valence-electron chi connectivity index (χ2n) is 18.7. The highest BCUT2D eigenvalue weighted by Crippen LogP contribution is 2.60. The van der Waals surface area contributed by atoms with Crippen LogP contribution in [0.5, 0.6) is 0 Å². The van der Waals surface area contributed by atoms with E-state index in [9.17, 15) is 48.6 Å². The normalized spacial score (nSPS) is 20.0. The van der Waals surface area contributed by atoms with E-state index in [2.05, 4.69) is 66.5 Å². The Morgan fingerprint density at radius 3 is 1.95 bits per heavy atom. The van der Waals surface area contributed by atoms with Crippen molar-refractivity contribution in [2.75, 3.05) is 25.6 Å². The van der Waals surface area contributed by atoms with E-state index in [1.54, 1.807) is 24.3 Å². The number of aliphatic hydroxyl groups excluding tert-OH is 3. The highest BCUT2D eigenvalue weighted by molar-refractivity contribution is 7.61. The zero-order chi connectivity index (χ0) is 54.5. The Labute approximate surface area is 438 Å². The number of hydrogen-bond donors (Lipinski definition) is 6. The average Bonchev–Trinajstić information content (AvgIpc) is 3.62. The first-order valence-electron chi connectivity index (χ1n) is 26.4. The Morgan fingerprint density at radius 2 is 1.34 bits per heavy atom. The van der Waals surface area contributed by atoms with Gasteiger partial charge >= 0.3 is 33.3 Å². The van der Waals surface area contributed by atoms with Crippen molar-refractivity contribution in [2.24, 2.45) is 5.92 Å². The first-order valence-corrected chi connectivity index (χ1v) is 29.4. The number of aromatic nitrogens is 2. The summed E-state index contributed by atoms with van der Waals surface area (Å²) in [5.41, 5.74) is 4.58. The van der Waals surface area contributed by atoms with E-state index in [1.807, 2.05) is 12.2 Å². The molecular formula is C53H87N3O16P2. The molecule has 1 saturated heterocycles. The van der Waals surface area contributed by atoms with Crippen LogP contribution < -0.4 is 11.4 Å². The highest BCUT2D eigenvalue weighted by Gasteiger charge is 2.46. The molecule has 2 heterocycles. The Bertz CT molecular complexity index is 2060. The number of unbranched alkanes of at least 4 members (excludes halogenated alkanes) is 12. The summed E-state index contributed by atoms with van der Waals surface area (Å²) < 4.78 is 56.7. The maximum absolute atomic E-state index is 12.9. The monoisotopic (exact) mass is 1080 g/mol. The maximum Gasteiger partial charge on any atom is 0.481 e. The van der Waals surface area contributed by atoms with Crippen molar-refractivity contribution in [2.45, 2.75) is 199 Å². The molecule has 0 bridgehead atoms. The Hall–Kier alpha value is -3.84. The maximum atomic E-state index is 12.9. The molecule has 0 radical (unpaired) electrons. The van der Waals surface area contributed by atoms with Gasteiger partial charge in [0.25, 0.3) is 0 Å². The van der Waals surface area contributed by atoms with Crippen LogP contribution >= 0.6 is 15.6 Å². The van der Waals surface area contributed by atoms with Gasteiger partial charge in [-0.15, -0.1) is 0 Å². The summed E-state index contributed by atoms with van der Waals surface area (Å²) in [5, 5.41) is 31.2. The van der Waals surface area contributed by atoms with Crippen LogP contribution in [0.15, 0.2) is 90.0 Å². The van der Waals surface area contributed by atoms with Crippen LogP contribution in [0.3, 0.4) is 0 Å². The van der Waals surface area contributed by atoms with E-state index in [4.69, 9.17) is 29.0 Å². The van der Waals surface area contributed by atoms with E-state index in [0.29, 0.717) is 12.8 Å². The minimum Gasteiger partial charge on any atom is -0.462 e. The molecule has 0 aromatic carbocycles. The smallest absolute Gasteiger partial charge is 0.462 e. The number of carbonyl (C=O) groups excluding carboxylic acids is 2. The van der Waals surface area contributed by atoms with Crippen molar-refractivity contribution in [1.29, 1.82) is 0 Å². The van der Waals surface area contributed by atoms with Gasteiger partial charge in [0, 0.05) is 19.0 Å². The van der Waals surface area contributed by atoms with E-state index < -0.39 is 89.8 Å². The predicted octanol–water partition coefficient (Wildman–Crippen LogP) is 10.1. The third-order valence-corrected chi connectivity index (χ3v) is 14.2. The number of allylic oxidation sites excluding steroid dienone is 10. The number of aliphatic hydroxyl groups is 3. The number of nitrogens with zero attached hydrogens (tertiary/aromatic N) is 2. The number of ether oxygens (including phenoxy) is 3. The zero-order valence-corrected chi connectivity index (χ0v) is 45.7. The Morgan fingerprint density at radius 1 is 0.757 bits per heavy atom. The molecule has 8 atom stereocenters. The first-order chi connectivity index (χ1) is 35.4. The standard InChI is InChI=1S/C53H87N3O16P2/c1-4-5-6-7-8-9-10-12-16-19-22-25-29-34-44(57)35-30-27-32-36-48(58)67-40-45(70-49(59)37-31-26-23-20-17-14-11-13-15-18-21-24-28-33-43(2)3)41-68-73(63,64)72-74(65,66)69-42-46-50(60)51(61)52(71-46)56-39-38-47(54)55-53(56)62/h5-6,8-9,12,16,22,25,27,29-30,34,38-39,43-46,50-52,57,60-61H,4,7,10-11,13-15,17-21,23-24,26,28,31-33,35-37,40-42H2,1-3H3,(H,63,64)(H,65,66)(H2,54,55,62)/b6-5-,9-8-,16-12-,25-22-,30-27-,34-29-/t44?,45-,46-,50-,51-,52-/m1/s1. The molecule has 7 N–H and O–H groups in total. The number of phosphoric acid groups is 2. The SMILES string of the molecule is CC/C=C\C/C=C\C/C=C\C/C=C\C=C/C(O)C/C=C\CCC(=O)OC[C@H](COP(=O)(O)OP(=O)(O)OC[C@H]1O[C@@H](n2ccc(N)nc2=O)[C@H](O)[C@@H]1O)OC(=O)CCCCCCCCCCCCCCCC(C)C. The number of nitrogen functional groups attached to an aromatic ring is 1. The van der Waals surface area contributed by atoms with Gasteiger partial charge in [-0.2, -0.15) is 9.29 Å². The number of hydrogen-bond acceptors (Lipinski definition) is 16. The number of nitrogens with two attached hydrogens (primary N) is 1. The van der Waals surface area contributed by atoms with Gasteiger partial charge in [-0.3, -0.25) is 23.2 Å². The molecule has 1 aliphatic heterocycles. The number of rotatable bonds is 42. The summed E-state index contributed by atoms with van der Waals surface area (Å²) in [6.45, 7) is 4.18. The van der Waals surface area contributed by atoms with Crippen LogP contribution in [0.1, 0.15) is 168 Å². The molecule has 1 aliphatic rings. The summed E-state index contributed by atoms with van der Waals surface area (Å²) in [6, 6.07) is 1.24. The van der Waals surface area contributed by atoms with Crippen LogP contribution in [0.4, 0.5) is 5.82 Å². The van der Waals surface area contributed by atoms with Gasteiger partial charge in [0.05, 0.1) is 19.3 Å². The fraction of sp³-hybridized carbons (Fsp3) is 0.660. The number of anilines is 1. The third-order valence-electron chi connectivity index (χ3n) is 11.6. The average molecular weight is 1080 g/mol. The topological polar surface area (TPSA) is 286 Å². The van der Waals surface area contributed by atoms with Crippen molar-refractivity contribution in [3.05, 3.63) is 95.7 Å². The second kappa shape index (κ2) is 39.5. The lowest BCUT2D eigenvalue weighted by atomic mass is 10.0. The Balaban J connectivity index is 1.84. The lowest BCUT2D eigenvalue weighted by Crippen LogP contribution is -2.36. The molecule has 420 valence electrons. The summed E-state index contributed by atoms with van der Waals surface area (Å²) in [6.07, 6.45) is 35.9. The van der Waals surface area contributed by atoms with Crippen molar-refractivity contribution in [1.82, 2.24) is 9.55 Å². The molecule has 1 aromatic heterocycles. The van der Waals surface area contributed by atoms with Crippen LogP contribution in [-0.4, -0.2) is 96.9 Å². The largest absolute Gasteiger partial charge is 0.481 e. The molecule has 2 rings (SSSR count). The van der Waals surface area contributed by atoms with Gasteiger partial charge in [0.2, 0.25) is 0 Å². The number of carbonyl (C=O) groups is 2. The molecule has 1 fully saturated rings.